The summed E-state index contributed by atoms with van der Waals surface area (Å²) in [6.07, 6.45) is 0. The Bertz CT molecular complexity index is 545. The van der Waals surface area contributed by atoms with Crippen LogP contribution in [0.5, 0.6) is 5.75 Å². The van der Waals surface area contributed by atoms with E-state index in [0.29, 0.717) is 11.3 Å². The van der Waals surface area contributed by atoms with Gasteiger partial charge in [-0.2, -0.15) is 0 Å². The molecule has 0 amide bonds. The summed E-state index contributed by atoms with van der Waals surface area (Å²) in [6.45, 7) is 0. The predicted octanol–water partition coefficient (Wildman–Crippen LogP) is 2.74. The predicted molar refractivity (Wildman–Crippen MR) is 66.8 cm³/mol. The number of alkyl halides is 1. The Kier molecular flexibility index (Phi) is 2.95. The molecule has 15 heavy (non-hydrogen) atoms. The van der Waals surface area contributed by atoms with Gasteiger partial charge in [-0.15, -0.1) is 0 Å². The summed E-state index contributed by atoms with van der Waals surface area (Å²) in [6, 6.07) is 7.02. The molecule has 0 N–H and O–H groups in total. The first kappa shape index (κ1) is 10.5. The van der Waals surface area contributed by atoms with Crippen LogP contribution in [0.4, 0.5) is 0 Å². The molecule has 0 aliphatic carbocycles. The molecule has 3 nitrogen and oxygen atoms in total. The van der Waals surface area contributed by atoms with Gasteiger partial charge in [0.2, 0.25) is 0 Å². The van der Waals surface area contributed by atoms with E-state index >= 15 is 0 Å². The van der Waals surface area contributed by atoms with Gasteiger partial charge in [-0.25, -0.2) is 4.79 Å². The highest BCUT2D eigenvalue weighted by Crippen LogP contribution is 2.23. The largest absolute Gasteiger partial charge is 0.497 e. The first-order valence-electron chi connectivity index (χ1n) is 4.41. The van der Waals surface area contributed by atoms with Crippen molar-refractivity contribution in [2.45, 2.75) is 4.43 Å². The zero-order valence-electron chi connectivity index (χ0n) is 8.12. The van der Waals surface area contributed by atoms with Gasteiger partial charge in [-0.05, 0) is 17.7 Å². The van der Waals surface area contributed by atoms with Crippen molar-refractivity contribution < 1.29 is 9.15 Å². The van der Waals surface area contributed by atoms with E-state index in [9.17, 15) is 4.79 Å². The van der Waals surface area contributed by atoms with Gasteiger partial charge >= 0.3 is 5.63 Å². The van der Waals surface area contributed by atoms with Crippen molar-refractivity contribution in [1.29, 1.82) is 0 Å². The van der Waals surface area contributed by atoms with Crippen molar-refractivity contribution in [1.82, 2.24) is 0 Å². The van der Waals surface area contributed by atoms with Gasteiger partial charge < -0.3 is 9.15 Å². The molecule has 0 aliphatic rings. The van der Waals surface area contributed by atoms with E-state index in [4.69, 9.17) is 9.15 Å². The van der Waals surface area contributed by atoms with Gasteiger partial charge in [-0.1, -0.05) is 22.6 Å². The molecule has 78 valence electrons. The Morgan fingerprint density at radius 2 is 2.20 bits per heavy atom. The molecule has 0 unspecified atom stereocenters. The molecule has 2 aromatic rings. The molecule has 2 rings (SSSR count). The minimum Gasteiger partial charge on any atom is -0.497 e. The standard InChI is InChI=1S/C11H9IO3/c1-14-8-2-3-9-7(6-12)4-11(13)15-10(9)5-8/h2-5H,6H2,1H3. The summed E-state index contributed by atoms with van der Waals surface area (Å²) < 4.78 is 11.0. The van der Waals surface area contributed by atoms with Crippen LogP contribution in [0, 0.1) is 0 Å². The van der Waals surface area contributed by atoms with Crippen LogP contribution >= 0.6 is 22.6 Å². The molecule has 1 aromatic heterocycles. The minimum absolute atomic E-state index is 0.317. The number of hydrogen-bond donors (Lipinski definition) is 0. The van der Waals surface area contributed by atoms with Crippen LogP contribution in [-0.4, -0.2) is 7.11 Å². The molecule has 0 fully saturated rings. The maximum Gasteiger partial charge on any atom is 0.336 e. The third-order valence-electron chi connectivity index (χ3n) is 2.18. The molecular weight excluding hydrogens is 307 g/mol. The molecule has 0 atom stereocenters. The fraction of sp³-hybridized carbons (Fsp3) is 0.182. The summed E-state index contributed by atoms with van der Waals surface area (Å²) in [4.78, 5) is 11.3. The molecule has 1 aromatic carbocycles. The minimum atomic E-state index is -0.317. The van der Waals surface area contributed by atoms with Crippen LogP contribution in [0.3, 0.4) is 0 Å². The summed E-state index contributed by atoms with van der Waals surface area (Å²) in [5.41, 5.74) is 1.25. The van der Waals surface area contributed by atoms with Gasteiger partial charge in [0, 0.05) is 21.9 Å². The average Bonchev–Trinajstić information content (AvgIpc) is 2.26. The van der Waals surface area contributed by atoms with Crippen LogP contribution in [0.25, 0.3) is 11.0 Å². The lowest BCUT2D eigenvalue weighted by atomic mass is 10.1. The third kappa shape index (κ3) is 1.99. The van der Waals surface area contributed by atoms with Gasteiger partial charge in [0.05, 0.1) is 7.11 Å². The highest BCUT2D eigenvalue weighted by atomic mass is 127. The normalized spacial score (nSPS) is 10.5. The van der Waals surface area contributed by atoms with Crippen LogP contribution in [-0.2, 0) is 4.43 Å². The van der Waals surface area contributed by atoms with Gasteiger partial charge in [0.25, 0.3) is 0 Å². The second-order valence-corrected chi connectivity index (χ2v) is 3.85. The molecule has 0 spiro atoms. The zero-order chi connectivity index (χ0) is 10.8. The number of fused-ring (bicyclic) bond motifs is 1. The highest BCUT2D eigenvalue weighted by Gasteiger charge is 2.05. The van der Waals surface area contributed by atoms with E-state index in [-0.39, 0.29) is 5.63 Å². The summed E-state index contributed by atoms with van der Waals surface area (Å²) in [5.74, 6) is 0.691. The monoisotopic (exact) mass is 316 g/mol. The molecule has 4 heteroatoms. The molecule has 1 heterocycles. The maximum absolute atomic E-state index is 11.3. The van der Waals surface area contributed by atoms with Crippen LogP contribution in [0.15, 0.2) is 33.5 Å². The van der Waals surface area contributed by atoms with Crippen LogP contribution < -0.4 is 10.4 Å². The number of hydrogen-bond acceptors (Lipinski definition) is 3. The van der Waals surface area contributed by atoms with Crippen molar-refractivity contribution in [3.05, 3.63) is 40.2 Å². The summed E-state index contributed by atoms with van der Waals surface area (Å²) in [5, 5.41) is 0.963. The Labute approximate surface area is 100 Å². The number of ether oxygens (including phenoxy) is 1. The smallest absolute Gasteiger partial charge is 0.336 e. The SMILES string of the molecule is COc1ccc2c(CI)cc(=O)oc2c1. The Morgan fingerprint density at radius 1 is 1.40 bits per heavy atom. The van der Waals surface area contributed by atoms with Crippen molar-refractivity contribution in [3.8, 4) is 5.75 Å². The van der Waals surface area contributed by atoms with E-state index < -0.39 is 0 Å². The van der Waals surface area contributed by atoms with E-state index in [1.54, 1.807) is 13.2 Å². The Hall–Kier alpha value is -1.04. The molecule has 0 bridgehead atoms. The van der Waals surface area contributed by atoms with E-state index in [2.05, 4.69) is 22.6 Å². The number of benzene rings is 1. The fourth-order valence-electron chi connectivity index (χ4n) is 1.45. The lowest BCUT2D eigenvalue weighted by Crippen LogP contribution is -1.99. The number of rotatable bonds is 2. The first-order valence-corrected chi connectivity index (χ1v) is 5.94. The zero-order valence-corrected chi connectivity index (χ0v) is 10.3. The number of halogens is 1. The second kappa shape index (κ2) is 4.22. The lowest BCUT2D eigenvalue weighted by molar-refractivity contribution is 0.414. The van der Waals surface area contributed by atoms with Gasteiger partial charge in [0.15, 0.2) is 0 Å². The highest BCUT2D eigenvalue weighted by molar-refractivity contribution is 14.1. The average molecular weight is 316 g/mol. The van der Waals surface area contributed by atoms with Gasteiger partial charge in [-0.3, -0.25) is 0 Å². The first-order chi connectivity index (χ1) is 7.24. The van der Waals surface area contributed by atoms with Crippen molar-refractivity contribution in [2.75, 3.05) is 7.11 Å². The Morgan fingerprint density at radius 3 is 2.87 bits per heavy atom. The van der Waals surface area contributed by atoms with E-state index in [1.165, 1.54) is 6.07 Å². The molecule has 0 radical (unpaired) electrons. The van der Waals surface area contributed by atoms with Gasteiger partial charge in [0.1, 0.15) is 11.3 Å². The molecular formula is C11H9IO3. The molecule has 0 aliphatic heterocycles. The lowest BCUT2D eigenvalue weighted by Gasteiger charge is -2.04. The van der Waals surface area contributed by atoms with E-state index in [0.717, 1.165) is 15.4 Å². The second-order valence-electron chi connectivity index (χ2n) is 3.09. The van der Waals surface area contributed by atoms with Crippen LogP contribution in [0.2, 0.25) is 0 Å². The molecule has 0 saturated heterocycles. The summed E-state index contributed by atoms with van der Waals surface area (Å²) in [7, 11) is 1.58. The fourth-order valence-corrected chi connectivity index (χ4v) is 2.08. The summed E-state index contributed by atoms with van der Waals surface area (Å²) >= 11 is 2.22. The quantitative estimate of drug-likeness (QED) is 0.486. The van der Waals surface area contributed by atoms with Crippen molar-refractivity contribution in [2.24, 2.45) is 0 Å². The van der Waals surface area contributed by atoms with Crippen molar-refractivity contribution >= 4 is 33.6 Å². The number of methoxy groups -OCH3 is 1. The topological polar surface area (TPSA) is 39.4 Å². The Balaban J connectivity index is 2.78. The maximum atomic E-state index is 11.3. The van der Waals surface area contributed by atoms with Crippen LogP contribution in [0.1, 0.15) is 5.56 Å². The van der Waals surface area contributed by atoms with Crippen molar-refractivity contribution in [3.63, 3.8) is 0 Å². The van der Waals surface area contributed by atoms with E-state index in [1.807, 2.05) is 12.1 Å². The molecule has 0 saturated carbocycles. The third-order valence-corrected chi connectivity index (χ3v) is 3.00.